The molecule has 17 heavy (non-hydrogen) atoms. The van der Waals surface area contributed by atoms with Crippen molar-refractivity contribution in [1.82, 2.24) is 4.90 Å². The molecule has 1 heterocycles. The summed E-state index contributed by atoms with van der Waals surface area (Å²) in [4.78, 5) is 24.8. The Morgan fingerprint density at radius 3 is 2.82 bits per heavy atom. The lowest BCUT2D eigenvalue weighted by Crippen LogP contribution is -2.38. The van der Waals surface area contributed by atoms with E-state index in [4.69, 9.17) is 9.15 Å². The van der Waals surface area contributed by atoms with Crippen LogP contribution in [0.2, 0.25) is 0 Å². The SMILES string of the molecule is CCOC(=O)C(=O)N(Cc1ccoc1)C1CC1. The number of rotatable bonds is 4. The van der Waals surface area contributed by atoms with Crippen molar-refractivity contribution in [3.8, 4) is 0 Å². The van der Waals surface area contributed by atoms with Gasteiger partial charge in [-0.05, 0) is 25.8 Å². The van der Waals surface area contributed by atoms with Gasteiger partial charge in [0.25, 0.3) is 0 Å². The minimum atomic E-state index is -0.775. The molecule has 5 heteroatoms. The van der Waals surface area contributed by atoms with Crippen LogP contribution in [0.3, 0.4) is 0 Å². The topological polar surface area (TPSA) is 59.8 Å². The molecule has 0 N–H and O–H groups in total. The summed E-state index contributed by atoms with van der Waals surface area (Å²) in [6.45, 7) is 2.30. The highest BCUT2D eigenvalue weighted by Gasteiger charge is 2.36. The molecule has 1 amide bonds. The maximum Gasteiger partial charge on any atom is 0.397 e. The van der Waals surface area contributed by atoms with Crippen LogP contribution in [0.25, 0.3) is 0 Å². The first-order chi connectivity index (χ1) is 8.22. The van der Waals surface area contributed by atoms with E-state index in [1.54, 1.807) is 30.4 Å². The largest absolute Gasteiger partial charge is 0.472 e. The zero-order valence-electron chi connectivity index (χ0n) is 9.72. The van der Waals surface area contributed by atoms with Gasteiger partial charge in [-0.1, -0.05) is 0 Å². The van der Waals surface area contributed by atoms with Crippen molar-refractivity contribution in [2.45, 2.75) is 32.4 Å². The van der Waals surface area contributed by atoms with E-state index in [9.17, 15) is 9.59 Å². The Hall–Kier alpha value is -1.78. The van der Waals surface area contributed by atoms with Crippen LogP contribution < -0.4 is 0 Å². The summed E-state index contributed by atoms with van der Waals surface area (Å²) in [5.74, 6) is -1.33. The van der Waals surface area contributed by atoms with E-state index < -0.39 is 11.9 Å². The van der Waals surface area contributed by atoms with Crippen molar-refractivity contribution in [2.24, 2.45) is 0 Å². The molecule has 0 bridgehead atoms. The van der Waals surface area contributed by atoms with Crippen molar-refractivity contribution in [3.63, 3.8) is 0 Å². The molecule has 0 aromatic carbocycles. The van der Waals surface area contributed by atoms with E-state index in [0.29, 0.717) is 6.54 Å². The Bertz CT molecular complexity index is 395. The summed E-state index contributed by atoms with van der Waals surface area (Å²) < 4.78 is 9.68. The van der Waals surface area contributed by atoms with Crippen LogP contribution >= 0.6 is 0 Å². The molecule has 2 rings (SSSR count). The fraction of sp³-hybridized carbons (Fsp3) is 0.500. The van der Waals surface area contributed by atoms with Gasteiger partial charge >= 0.3 is 11.9 Å². The number of furan rings is 1. The van der Waals surface area contributed by atoms with Crippen molar-refractivity contribution in [1.29, 1.82) is 0 Å². The van der Waals surface area contributed by atoms with E-state index in [1.807, 2.05) is 0 Å². The summed E-state index contributed by atoms with van der Waals surface area (Å²) >= 11 is 0. The zero-order valence-corrected chi connectivity index (χ0v) is 9.72. The molecule has 1 aromatic rings. The summed E-state index contributed by atoms with van der Waals surface area (Å²) in [6.07, 6.45) is 5.02. The van der Waals surface area contributed by atoms with Crippen molar-refractivity contribution in [3.05, 3.63) is 24.2 Å². The predicted molar refractivity (Wildman–Crippen MR) is 58.9 cm³/mol. The number of ether oxygens (including phenoxy) is 1. The Kier molecular flexibility index (Phi) is 3.46. The summed E-state index contributed by atoms with van der Waals surface area (Å²) in [5.41, 5.74) is 0.884. The van der Waals surface area contributed by atoms with E-state index in [2.05, 4.69) is 0 Å². The molecular weight excluding hydrogens is 222 g/mol. The molecule has 0 saturated heterocycles. The minimum absolute atomic E-state index is 0.168. The van der Waals surface area contributed by atoms with Gasteiger partial charge in [-0.15, -0.1) is 0 Å². The quantitative estimate of drug-likeness (QED) is 0.585. The maximum atomic E-state index is 11.9. The standard InChI is InChI=1S/C12H15NO4/c1-2-17-12(15)11(14)13(10-3-4-10)7-9-5-6-16-8-9/h5-6,8,10H,2-4,7H2,1H3. The van der Waals surface area contributed by atoms with Gasteiger partial charge < -0.3 is 14.1 Å². The highest BCUT2D eigenvalue weighted by Crippen LogP contribution is 2.28. The highest BCUT2D eigenvalue weighted by molar-refractivity contribution is 6.32. The summed E-state index contributed by atoms with van der Waals surface area (Å²) in [7, 11) is 0. The number of hydrogen-bond acceptors (Lipinski definition) is 4. The second-order valence-corrected chi connectivity index (χ2v) is 4.02. The number of amides is 1. The van der Waals surface area contributed by atoms with Crippen LogP contribution in [0, 0.1) is 0 Å². The maximum absolute atomic E-state index is 11.9. The van der Waals surface area contributed by atoms with E-state index >= 15 is 0 Å². The Morgan fingerprint density at radius 2 is 2.29 bits per heavy atom. The number of carbonyl (C=O) groups excluding carboxylic acids is 2. The van der Waals surface area contributed by atoms with Crippen LogP contribution in [0.4, 0.5) is 0 Å². The second kappa shape index (κ2) is 5.03. The smallest absolute Gasteiger partial charge is 0.397 e. The molecule has 92 valence electrons. The summed E-state index contributed by atoms with van der Waals surface area (Å²) in [6, 6.07) is 1.95. The summed E-state index contributed by atoms with van der Waals surface area (Å²) in [5, 5.41) is 0. The number of nitrogens with zero attached hydrogens (tertiary/aromatic N) is 1. The third-order valence-electron chi connectivity index (χ3n) is 2.63. The lowest BCUT2D eigenvalue weighted by atomic mass is 10.3. The zero-order chi connectivity index (χ0) is 12.3. The van der Waals surface area contributed by atoms with Gasteiger partial charge in [0, 0.05) is 18.2 Å². The number of hydrogen-bond donors (Lipinski definition) is 0. The molecule has 0 atom stereocenters. The normalized spacial score (nSPS) is 14.4. The van der Waals surface area contributed by atoms with E-state index in [0.717, 1.165) is 18.4 Å². The Balaban J connectivity index is 2.01. The van der Waals surface area contributed by atoms with Crippen LogP contribution in [-0.2, 0) is 20.9 Å². The van der Waals surface area contributed by atoms with Crippen molar-refractivity contribution >= 4 is 11.9 Å². The Morgan fingerprint density at radius 1 is 1.53 bits per heavy atom. The van der Waals surface area contributed by atoms with Crippen molar-refractivity contribution in [2.75, 3.05) is 6.61 Å². The lowest BCUT2D eigenvalue weighted by Gasteiger charge is -2.20. The van der Waals surface area contributed by atoms with Gasteiger partial charge in [0.05, 0.1) is 19.1 Å². The van der Waals surface area contributed by atoms with Gasteiger partial charge in [0.15, 0.2) is 0 Å². The first-order valence-corrected chi connectivity index (χ1v) is 5.71. The average Bonchev–Trinajstić information content (AvgIpc) is 3.03. The number of carbonyl (C=O) groups is 2. The molecule has 1 fully saturated rings. The monoisotopic (exact) mass is 237 g/mol. The van der Waals surface area contributed by atoms with Crippen LogP contribution in [0.15, 0.2) is 23.0 Å². The molecule has 0 unspecified atom stereocenters. The van der Waals surface area contributed by atoms with Gasteiger partial charge in [-0.25, -0.2) is 4.79 Å². The first kappa shape index (κ1) is 11.7. The average molecular weight is 237 g/mol. The molecule has 1 aliphatic carbocycles. The van der Waals surface area contributed by atoms with E-state index in [-0.39, 0.29) is 12.6 Å². The second-order valence-electron chi connectivity index (χ2n) is 4.02. The first-order valence-electron chi connectivity index (χ1n) is 5.71. The lowest BCUT2D eigenvalue weighted by molar-refractivity contribution is -0.160. The van der Waals surface area contributed by atoms with Gasteiger partial charge in [0.1, 0.15) is 0 Å². The fourth-order valence-corrected chi connectivity index (χ4v) is 1.64. The van der Waals surface area contributed by atoms with Gasteiger partial charge in [0.2, 0.25) is 0 Å². The van der Waals surface area contributed by atoms with Crippen LogP contribution in [0.1, 0.15) is 25.3 Å². The molecule has 0 radical (unpaired) electrons. The highest BCUT2D eigenvalue weighted by atomic mass is 16.5. The van der Waals surface area contributed by atoms with Gasteiger partial charge in [-0.3, -0.25) is 4.79 Å². The fourth-order valence-electron chi connectivity index (χ4n) is 1.64. The molecule has 0 spiro atoms. The molecule has 5 nitrogen and oxygen atoms in total. The molecule has 1 aromatic heterocycles. The molecule has 1 saturated carbocycles. The Labute approximate surface area is 99.3 Å². The number of esters is 1. The van der Waals surface area contributed by atoms with Crippen LogP contribution in [-0.4, -0.2) is 29.4 Å². The predicted octanol–water partition coefficient (Wildman–Crippen LogP) is 1.33. The third kappa shape index (κ3) is 2.87. The molecular formula is C12H15NO4. The minimum Gasteiger partial charge on any atom is -0.472 e. The molecule has 1 aliphatic rings. The van der Waals surface area contributed by atoms with Gasteiger partial charge in [-0.2, -0.15) is 0 Å². The molecule has 0 aliphatic heterocycles. The van der Waals surface area contributed by atoms with E-state index in [1.165, 1.54) is 0 Å². The third-order valence-corrected chi connectivity index (χ3v) is 2.63. The van der Waals surface area contributed by atoms with Crippen LogP contribution in [0.5, 0.6) is 0 Å². The van der Waals surface area contributed by atoms with Crippen molar-refractivity contribution < 1.29 is 18.7 Å².